The summed E-state index contributed by atoms with van der Waals surface area (Å²) in [5, 5.41) is 6.39. The number of methoxy groups -OCH3 is 1. The molecule has 0 spiro atoms. The average Bonchev–Trinajstić information content (AvgIpc) is 2.83. The summed E-state index contributed by atoms with van der Waals surface area (Å²) in [6.45, 7) is 2.28. The molecular formula is C24H28ClFIN5O3. The van der Waals surface area contributed by atoms with Gasteiger partial charge in [-0.05, 0) is 45.1 Å². The Balaban J connectivity index is 0.00000108. The molecule has 1 aliphatic rings. The third-order valence-corrected chi connectivity index (χ3v) is 7.07. The highest BCUT2D eigenvalue weighted by Crippen LogP contribution is 2.38. The van der Waals surface area contributed by atoms with Crippen molar-refractivity contribution in [2.75, 3.05) is 33.1 Å². The first kappa shape index (κ1) is 27.2. The van der Waals surface area contributed by atoms with E-state index in [1.54, 1.807) is 43.2 Å². The molecule has 1 aliphatic heterocycles. The normalized spacial score (nSPS) is 17.4. The van der Waals surface area contributed by atoms with Crippen molar-refractivity contribution < 1.29 is 18.7 Å². The number of likely N-dealkylation sites (tertiary alicyclic amines) is 1. The van der Waals surface area contributed by atoms with Crippen LogP contribution in [0, 0.1) is 5.82 Å². The molecule has 2 N–H and O–H groups in total. The number of carbonyl (C=O) groups is 1. The maximum absolute atomic E-state index is 14.4. The topological polar surface area (TPSA) is 88.6 Å². The molecule has 11 heteroatoms. The Hall–Kier alpha value is -2.44. The lowest BCUT2D eigenvalue weighted by Crippen LogP contribution is -2.48. The molecule has 4 rings (SSSR count). The van der Waals surface area contributed by atoms with Gasteiger partial charge in [0.05, 0.1) is 23.3 Å². The highest BCUT2D eigenvalue weighted by Gasteiger charge is 2.33. The smallest absolute Gasteiger partial charge is 0.220 e. The minimum absolute atomic E-state index is 0.0134. The van der Waals surface area contributed by atoms with Crippen LogP contribution >= 0.6 is 34.2 Å². The predicted molar refractivity (Wildman–Crippen MR) is 145 cm³/mol. The minimum atomic E-state index is -0.565. The second kappa shape index (κ2) is 12.5. The summed E-state index contributed by atoms with van der Waals surface area (Å²) >= 11 is 8.15. The number of hydrogen-bond donors (Lipinski definition) is 2. The van der Waals surface area contributed by atoms with E-state index in [1.807, 2.05) is 14.1 Å². The molecule has 0 aliphatic carbocycles. The fourth-order valence-electron chi connectivity index (χ4n) is 3.68. The Morgan fingerprint density at radius 2 is 2.00 bits per heavy atom. The number of benzene rings is 2. The summed E-state index contributed by atoms with van der Waals surface area (Å²) in [5.74, 6) is 0.877. The van der Waals surface area contributed by atoms with Crippen molar-refractivity contribution in [3.05, 3.63) is 47.5 Å². The zero-order valence-corrected chi connectivity index (χ0v) is 22.9. The minimum Gasteiger partial charge on any atom is -0.493 e. The number of hydrogen-bond acceptors (Lipinski definition) is 7. The van der Waals surface area contributed by atoms with E-state index in [2.05, 4.69) is 43.2 Å². The first-order chi connectivity index (χ1) is 16.8. The van der Waals surface area contributed by atoms with Gasteiger partial charge in [0.15, 0.2) is 17.3 Å². The monoisotopic (exact) mass is 615 g/mol. The summed E-state index contributed by atoms with van der Waals surface area (Å²) in [4.78, 5) is 22.3. The maximum atomic E-state index is 14.4. The number of amides is 1. The van der Waals surface area contributed by atoms with Crippen LogP contribution in [0.2, 0.25) is 5.02 Å². The van der Waals surface area contributed by atoms with E-state index in [1.165, 1.54) is 12.4 Å². The highest BCUT2D eigenvalue weighted by molar-refractivity contribution is 14.1. The molecule has 2 heterocycles. The largest absolute Gasteiger partial charge is 0.493 e. The summed E-state index contributed by atoms with van der Waals surface area (Å²) in [7, 11) is 5.31. The molecule has 35 heavy (non-hydrogen) atoms. The van der Waals surface area contributed by atoms with Gasteiger partial charge in [-0.3, -0.25) is 4.79 Å². The Labute approximate surface area is 222 Å². The van der Waals surface area contributed by atoms with Crippen LogP contribution < -0.4 is 20.1 Å². The van der Waals surface area contributed by atoms with E-state index in [0.717, 1.165) is 12.8 Å². The van der Waals surface area contributed by atoms with E-state index in [-0.39, 0.29) is 26.8 Å². The Morgan fingerprint density at radius 1 is 1.26 bits per heavy atom. The molecular weight excluding hydrogens is 588 g/mol. The maximum Gasteiger partial charge on any atom is 0.220 e. The molecule has 0 saturated carbocycles. The van der Waals surface area contributed by atoms with Crippen molar-refractivity contribution in [2.45, 2.75) is 29.9 Å². The van der Waals surface area contributed by atoms with Gasteiger partial charge in [0.2, 0.25) is 5.91 Å². The molecule has 0 bridgehead atoms. The van der Waals surface area contributed by atoms with Crippen molar-refractivity contribution in [1.82, 2.24) is 20.2 Å². The number of ether oxygens (including phenoxy) is 2. The summed E-state index contributed by atoms with van der Waals surface area (Å²) in [6.07, 6.45) is 2.84. The zero-order chi connectivity index (χ0) is 25.5. The van der Waals surface area contributed by atoms with Crippen LogP contribution in [0.5, 0.6) is 11.5 Å². The first-order valence-electron chi connectivity index (χ1n) is 11.0. The molecule has 2 atom stereocenters. The molecule has 1 saturated heterocycles. The van der Waals surface area contributed by atoms with E-state index >= 15 is 0 Å². The van der Waals surface area contributed by atoms with Crippen LogP contribution in [0.15, 0.2) is 36.7 Å². The summed E-state index contributed by atoms with van der Waals surface area (Å²) < 4.78 is 26.2. The van der Waals surface area contributed by atoms with Crippen molar-refractivity contribution in [3.8, 4) is 11.5 Å². The van der Waals surface area contributed by atoms with Crippen molar-refractivity contribution in [2.24, 2.45) is 0 Å². The van der Waals surface area contributed by atoms with Gasteiger partial charge in [-0.15, -0.1) is 0 Å². The summed E-state index contributed by atoms with van der Waals surface area (Å²) in [5.41, 5.74) is 0.807. The van der Waals surface area contributed by atoms with Gasteiger partial charge in [-0.25, -0.2) is 14.4 Å². The first-order valence-corrected chi connectivity index (χ1v) is 12.6. The van der Waals surface area contributed by atoms with Crippen LogP contribution in [0.3, 0.4) is 0 Å². The number of aromatic nitrogens is 2. The number of rotatable bonds is 5. The Bertz CT molecular complexity index is 1190. The Kier molecular flexibility index (Phi) is 9.70. The standard InChI is InChI=1S/C22H21ClFIN4O3.C2H7N/c1-12(30)29-8-4-7-17(21(29)25)32-19-9-13-16(10-18(19)31-2)26-11-27-22(13)28-15-6-3-5-14(23)20(15)24;1-3-2/h3,5-6,9-11,17,21H,4,7-8H2,1-2H3,(H,26,27,28);3H,1-2H3/t17-,21?;/m0./s1. The number of carbonyl (C=O) groups excluding carboxylic acids is 1. The number of piperidine rings is 1. The fourth-order valence-corrected chi connectivity index (χ4v) is 5.03. The lowest BCUT2D eigenvalue weighted by molar-refractivity contribution is -0.132. The van der Waals surface area contributed by atoms with E-state index in [0.29, 0.717) is 34.8 Å². The second-order valence-electron chi connectivity index (χ2n) is 7.85. The predicted octanol–water partition coefficient (Wildman–Crippen LogP) is 5.16. The van der Waals surface area contributed by atoms with Crippen molar-refractivity contribution >= 4 is 62.5 Å². The number of nitrogens with one attached hydrogen (secondary N) is 2. The van der Waals surface area contributed by atoms with Crippen LogP contribution in [-0.2, 0) is 4.79 Å². The van der Waals surface area contributed by atoms with Gasteiger partial charge >= 0.3 is 0 Å². The number of halogens is 3. The quantitative estimate of drug-likeness (QED) is 0.233. The average molecular weight is 616 g/mol. The lowest BCUT2D eigenvalue weighted by Gasteiger charge is -2.37. The van der Waals surface area contributed by atoms with Crippen LogP contribution in [-0.4, -0.2) is 58.7 Å². The third kappa shape index (κ3) is 6.42. The second-order valence-corrected chi connectivity index (χ2v) is 9.54. The van der Waals surface area contributed by atoms with Gasteiger partial charge in [-0.2, -0.15) is 0 Å². The van der Waals surface area contributed by atoms with Crippen molar-refractivity contribution in [1.29, 1.82) is 0 Å². The van der Waals surface area contributed by atoms with Gasteiger partial charge in [0.25, 0.3) is 0 Å². The lowest BCUT2D eigenvalue weighted by atomic mass is 10.1. The van der Waals surface area contributed by atoms with E-state index in [4.69, 9.17) is 21.1 Å². The van der Waals surface area contributed by atoms with Gasteiger partial charge in [-0.1, -0.05) is 40.3 Å². The number of fused-ring (bicyclic) bond motifs is 1. The van der Waals surface area contributed by atoms with Crippen LogP contribution in [0.25, 0.3) is 10.9 Å². The van der Waals surface area contributed by atoms with Gasteiger partial charge < -0.3 is 25.0 Å². The van der Waals surface area contributed by atoms with Crippen LogP contribution in [0.1, 0.15) is 19.8 Å². The van der Waals surface area contributed by atoms with Gasteiger partial charge in [0.1, 0.15) is 22.3 Å². The summed E-state index contributed by atoms with van der Waals surface area (Å²) in [6, 6.07) is 8.23. The molecule has 0 radical (unpaired) electrons. The third-order valence-electron chi connectivity index (χ3n) is 5.30. The van der Waals surface area contributed by atoms with E-state index in [9.17, 15) is 9.18 Å². The molecule has 3 aromatic rings. The molecule has 1 amide bonds. The van der Waals surface area contributed by atoms with E-state index < -0.39 is 5.82 Å². The van der Waals surface area contributed by atoms with Crippen LogP contribution in [0.4, 0.5) is 15.9 Å². The zero-order valence-electron chi connectivity index (χ0n) is 19.9. The molecule has 1 unspecified atom stereocenters. The fraction of sp³-hybridized carbons (Fsp3) is 0.375. The molecule has 188 valence electrons. The number of anilines is 2. The molecule has 1 aromatic heterocycles. The highest BCUT2D eigenvalue weighted by atomic mass is 127. The molecule has 8 nitrogen and oxygen atoms in total. The number of alkyl halides is 1. The SMILES string of the molecule is CNC.COc1cc2ncnc(Nc3cccc(Cl)c3F)c2cc1O[C@H]1CCCN(C(C)=O)C1I. The molecule has 2 aromatic carbocycles. The number of nitrogens with zero attached hydrogens (tertiary/aromatic N) is 3. The van der Waals surface area contributed by atoms with Crippen molar-refractivity contribution in [3.63, 3.8) is 0 Å². The Morgan fingerprint density at radius 3 is 2.69 bits per heavy atom. The van der Waals surface area contributed by atoms with Gasteiger partial charge in [0, 0.05) is 24.9 Å². The molecule has 1 fully saturated rings.